The molecule has 1 unspecified atom stereocenters. The number of hydrogen-bond acceptors (Lipinski definition) is 8. The molecule has 1 N–H and O–H groups in total. The molecule has 2 aromatic rings. The second kappa shape index (κ2) is 8.26. The summed E-state index contributed by atoms with van der Waals surface area (Å²) < 4.78 is 54.6. The van der Waals surface area contributed by atoms with Crippen molar-refractivity contribution in [1.82, 2.24) is 15.4 Å². The van der Waals surface area contributed by atoms with Crippen LogP contribution in [0.15, 0.2) is 10.6 Å². The number of halogens is 3. The first-order valence-corrected chi connectivity index (χ1v) is 12.5. The molecule has 0 saturated carbocycles. The number of rotatable bonds is 1. The van der Waals surface area contributed by atoms with Gasteiger partial charge in [0, 0.05) is 32.5 Å². The van der Waals surface area contributed by atoms with Gasteiger partial charge in [0.25, 0.3) is 11.8 Å². The van der Waals surface area contributed by atoms with E-state index >= 15 is 4.39 Å². The third-order valence-corrected chi connectivity index (χ3v) is 8.16. The molecule has 202 valence electrons. The van der Waals surface area contributed by atoms with E-state index in [-0.39, 0.29) is 60.1 Å². The monoisotopic (exact) mass is 534 g/mol. The standard InChI is InChI=1S/C25H25F3N4O6/c1-11-10-32-19-13(9-25(21(32)12(2)37-11)15(33)8-16(34)29-23(25)36)7-14-18(30-38-20(14)17(19)26)22(35)31-5-3-24(27,28)4-6-31/h7,11-12,21H,3-6,8-10H2,1-2H3,(H,29,34,36)/t11-,12+,21-,25?/m1/s1. The van der Waals surface area contributed by atoms with Crippen molar-refractivity contribution in [2.45, 2.75) is 63.7 Å². The number of anilines is 1. The van der Waals surface area contributed by atoms with Gasteiger partial charge >= 0.3 is 0 Å². The number of benzene rings is 1. The SMILES string of the molecule is C[C@@H]1CN2c3c(cc4c(C(=O)N5CCC(F)(F)CC5)noc4c3F)CC3(C(=O)CC(=O)NC3=O)[C@H]2[C@H](C)O1. The number of nitrogens with one attached hydrogen (secondary N) is 1. The molecule has 4 atom stereocenters. The Balaban J connectivity index is 1.48. The number of Topliss-reactive ketones (excluding diaryl/α,β-unsaturated/α-hetero) is 1. The van der Waals surface area contributed by atoms with Crippen molar-refractivity contribution in [3.63, 3.8) is 0 Å². The third kappa shape index (κ3) is 3.47. The lowest BCUT2D eigenvalue weighted by Gasteiger charge is -2.55. The fraction of sp³-hybridized carbons (Fsp3) is 0.560. The lowest BCUT2D eigenvalue weighted by molar-refractivity contribution is -0.158. The summed E-state index contributed by atoms with van der Waals surface area (Å²) in [5, 5.41) is 6.07. The van der Waals surface area contributed by atoms with Gasteiger partial charge in [-0.25, -0.2) is 13.2 Å². The number of piperidine rings is 2. The Bertz CT molecular complexity index is 1380. The van der Waals surface area contributed by atoms with E-state index in [1.165, 1.54) is 11.0 Å². The zero-order valence-corrected chi connectivity index (χ0v) is 20.7. The molecule has 1 spiro atoms. The van der Waals surface area contributed by atoms with E-state index < -0.39 is 72.1 Å². The van der Waals surface area contributed by atoms with Crippen molar-refractivity contribution in [1.29, 1.82) is 0 Å². The Hall–Kier alpha value is -3.48. The van der Waals surface area contributed by atoms with Crippen molar-refractivity contribution in [2.24, 2.45) is 5.41 Å². The number of carbonyl (C=O) groups is 4. The van der Waals surface area contributed by atoms with Crippen LogP contribution in [-0.2, 0) is 25.5 Å². The molecule has 13 heteroatoms. The van der Waals surface area contributed by atoms with Gasteiger partial charge in [-0.15, -0.1) is 0 Å². The average molecular weight is 534 g/mol. The molecule has 4 aliphatic rings. The predicted molar refractivity (Wildman–Crippen MR) is 124 cm³/mol. The van der Waals surface area contributed by atoms with Gasteiger partial charge in [0.1, 0.15) is 5.41 Å². The quantitative estimate of drug-likeness (QED) is 0.436. The van der Waals surface area contributed by atoms with Crippen molar-refractivity contribution in [2.75, 3.05) is 24.5 Å². The zero-order chi connectivity index (χ0) is 27.1. The second-order valence-corrected chi connectivity index (χ2v) is 10.6. The van der Waals surface area contributed by atoms with Gasteiger partial charge in [0.05, 0.1) is 35.7 Å². The van der Waals surface area contributed by atoms with Crippen LogP contribution < -0.4 is 10.2 Å². The summed E-state index contributed by atoms with van der Waals surface area (Å²) in [5.74, 6) is -6.42. The molecular weight excluding hydrogens is 509 g/mol. The van der Waals surface area contributed by atoms with E-state index in [9.17, 15) is 28.0 Å². The smallest absolute Gasteiger partial charge is 0.276 e. The minimum Gasteiger partial charge on any atom is -0.372 e. The minimum atomic E-state index is -2.86. The van der Waals surface area contributed by atoms with E-state index in [1.807, 2.05) is 0 Å². The third-order valence-electron chi connectivity index (χ3n) is 8.16. The number of ether oxygens (including phenoxy) is 1. The lowest BCUT2D eigenvalue weighted by Crippen LogP contribution is -2.72. The highest BCUT2D eigenvalue weighted by atomic mass is 19.3. The van der Waals surface area contributed by atoms with Crippen LogP contribution in [0.1, 0.15) is 49.2 Å². The maximum Gasteiger partial charge on any atom is 0.276 e. The number of likely N-dealkylation sites (tertiary alicyclic amines) is 1. The van der Waals surface area contributed by atoms with Crippen molar-refractivity contribution in [3.05, 3.63) is 23.1 Å². The second-order valence-electron chi connectivity index (χ2n) is 10.6. The van der Waals surface area contributed by atoms with Crippen molar-refractivity contribution >= 4 is 40.2 Å². The molecule has 0 bridgehead atoms. The summed E-state index contributed by atoms with van der Waals surface area (Å²) >= 11 is 0. The zero-order valence-electron chi connectivity index (χ0n) is 20.7. The van der Waals surface area contributed by atoms with Crippen molar-refractivity contribution in [3.8, 4) is 0 Å². The highest BCUT2D eigenvalue weighted by molar-refractivity contribution is 6.22. The fourth-order valence-electron chi connectivity index (χ4n) is 6.49. The largest absolute Gasteiger partial charge is 0.372 e. The highest BCUT2D eigenvalue weighted by Crippen LogP contribution is 2.50. The summed E-state index contributed by atoms with van der Waals surface area (Å²) in [4.78, 5) is 54.7. The van der Waals surface area contributed by atoms with Gasteiger partial charge in [-0.1, -0.05) is 5.16 Å². The molecule has 0 aliphatic carbocycles. The summed E-state index contributed by atoms with van der Waals surface area (Å²) in [6.07, 6.45) is -2.75. The summed E-state index contributed by atoms with van der Waals surface area (Å²) in [7, 11) is 0. The number of nitrogens with zero attached hydrogens (tertiary/aromatic N) is 3. The molecule has 4 aliphatic heterocycles. The first kappa shape index (κ1) is 24.8. The Morgan fingerprint density at radius 1 is 1.18 bits per heavy atom. The van der Waals surface area contributed by atoms with Crippen LogP contribution in [0.2, 0.25) is 0 Å². The molecule has 3 fully saturated rings. The van der Waals surface area contributed by atoms with Gasteiger partial charge in [-0.05, 0) is 31.9 Å². The van der Waals surface area contributed by atoms with Gasteiger partial charge < -0.3 is 19.1 Å². The van der Waals surface area contributed by atoms with Crippen LogP contribution in [0.3, 0.4) is 0 Å². The molecule has 1 aromatic heterocycles. The van der Waals surface area contributed by atoms with Crippen LogP contribution in [0, 0.1) is 11.2 Å². The number of fused-ring (bicyclic) bond motifs is 5. The fourth-order valence-corrected chi connectivity index (χ4v) is 6.49. The van der Waals surface area contributed by atoms with Gasteiger partial charge in [-0.2, -0.15) is 0 Å². The van der Waals surface area contributed by atoms with Gasteiger partial charge in [-0.3, -0.25) is 24.5 Å². The van der Waals surface area contributed by atoms with Crippen molar-refractivity contribution < 1.29 is 41.6 Å². The Morgan fingerprint density at radius 2 is 1.89 bits per heavy atom. The maximum atomic E-state index is 16.1. The lowest BCUT2D eigenvalue weighted by atomic mass is 9.63. The number of ketones is 1. The maximum absolute atomic E-state index is 16.1. The van der Waals surface area contributed by atoms with E-state index in [0.29, 0.717) is 0 Å². The van der Waals surface area contributed by atoms with Crippen LogP contribution in [0.25, 0.3) is 11.0 Å². The first-order valence-electron chi connectivity index (χ1n) is 12.5. The normalized spacial score (nSPS) is 30.9. The predicted octanol–water partition coefficient (Wildman–Crippen LogP) is 1.98. The van der Waals surface area contributed by atoms with E-state index in [0.717, 1.165) is 0 Å². The minimum absolute atomic E-state index is 0.0197. The topological polar surface area (TPSA) is 122 Å². The summed E-state index contributed by atoms with van der Waals surface area (Å²) in [6, 6.07) is 0.577. The Morgan fingerprint density at radius 3 is 2.58 bits per heavy atom. The van der Waals surface area contributed by atoms with Crippen LogP contribution in [0.5, 0.6) is 0 Å². The molecule has 0 radical (unpaired) electrons. The first-order chi connectivity index (χ1) is 17.9. The molecule has 38 heavy (non-hydrogen) atoms. The number of amides is 3. The van der Waals surface area contributed by atoms with Gasteiger partial charge in [0.15, 0.2) is 17.3 Å². The molecule has 5 heterocycles. The number of hydrogen-bond donors (Lipinski definition) is 1. The summed E-state index contributed by atoms with van der Waals surface area (Å²) in [5.41, 5.74) is -1.86. The molecule has 3 saturated heterocycles. The Kier molecular flexibility index (Phi) is 5.40. The van der Waals surface area contributed by atoms with E-state index in [1.54, 1.807) is 18.7 Å². The Labute approximate surface area is 214 Å². The number of aromatic nitrogens is 1. The molecule has 3 amide bonds. The van der Waals surface area contributed by atoms with Gasteiger partial charge in [0.2, 0.25) is 17.4 Å². The van der Waals surface area contributed by atoms with Crippen LogP contribution in [-0.4, -0.2) is 77.4 Å². The molecule has 1 aromatic carbocycles. The summed E-state index contributed by atoms with van der Waals surface area (Å²) in [6.45, 7) is 3.25. The average Bonchev–Trinajstić information content (AvgIpc) is 3.25. The van der Waals surface area contributed by atoms with E-state index in [2.05, 4.69) is 10.5 Å². The van der Waals surface area contributed by atoms with Crippen LogP contribution >= 0.6 is 0 Å². The van der Waals surface area contributed by atoms with Crippen LogP contribution in [0.4, 0.5) is 18.9 Å². The molecular formula is C25H25F3N4O6. The number of imide groups is 1. The number of alkyl halides is 2. The number of carbonyl (C=O) groups excluding carboxylic acids is 4. The molecule has 6 rings (SSSR count). The number of morpholine rings is 1. The molecule has 10 nitrogen and oxygen atoms in total. The highest BCUT2D eigenvalue weighted by Gasteiger charge is 2.62. The van der Waals surface area contributed by atoms with E-state index in [4.69, 9.17) is 9.26 Å².